The minimum absolute atomic E-state index is 0.0339. The molecule has 0 spiro atoms. The van der Waals surface area contributed by atoms with Gasteiger partial charge in [0.1, 0.15) is 6.54 Å². The standard InChI is InChI=1S/C22H29N5O4/c1-22(2,3)27(21(30)31)17-6-7-18-16(12-17)13-26(23-18)14-19(28)24-8-10-25(11-9-24)20(29)15-4-5-15/h6-7,12-13,15H,4-5,8-11,14H2,1-3H3,(H,30,31). The summed E-state index contributed by atoms with van der Waals surface area (Å²) in [5.74, 6) is 0.402. The fraction of sp³-hybridized carbons (Fsp3) is 0.545. The van der Waals surface area contributed by atoms with Crippen LogP contribution in [0.2, 0.25) is 0 Å². The summed E-state index contributed by atoms with van der Waals surface area (Å²) >= 11 is 0. The SMILES string of the molecule is CC(C)(C)N(C(=O)O)c1ccc2nn(CC(=O)N3CCN(C(=O)C4CC4)CC3)cc2c1. The molecule has 0 bridgehead atoms. The largest absolute Gasteiger partial charge is 0.465 e. The molecular formula is C22H29N5O4. The monoisotopic (exact) mass is 427 g/mol. The van der Waals surface area contributed by atoms with Crippen molar-refractivity contribution >= 4 is 34.5 Å². The average Bonchev–Trinajstić information content (AvgIpc) is 3.46. The van der Waals surface area contributed by atoms with Crippen LogP contribution < -0.4 is 4.90 Å². The van der Waals surface area contributed by atoms with E-state index >= 15 is 0 Å². The van der Waals surface area contributed by atoms with Gasteiger partial charge in [-0.2, -0.15) is 5.10 Å². The predicted octanol–water partition coefficient (Wildman–Crippen LogP) is 2.40. The average molecular weight is 428 g/mol. The molecule has 9 nitrogen and oxygen atoms in total. The van der Waals surface area contributed by atoms with Crippen LogP contribution in [0.15, 0.2) is 24.4 Å². The van der Waals surface area contributed by atoms with Crippen molar-refractivity contribution < 1.29 is 19.5 Å². The number of piperazine rings is 1. The number of aromatic nitrogens is 2. The van der Waals surface area contributed by atoms with Crippen molar-refractivity contribution in [2.24, 2.45) is 5.92 Å². The molecule has 9 heteroatoms. The van der Waals surface area contributed by atoms with Crippen LogP contribution in [0, 0.1) is 5.92 Å². The first-order valence-corrected chi connectivity index (χ1v) is 10.7. The molecule has 3 amide bonds. The minimum atomic E-state index is -1.02. The van der Waals surface area contributed by atoms with E-state index in [2.05, 4.69) is 5.10 Å². The van der Waals surface area contributed by atoms with Crippen LogP contribution in [0.4, 0.5) is 10.5 Å². The van der Waals surface area contributed by atoms with Gasteiger partial charge >= 0.3 is 6.09 Å². The molecule has 0 unspecified atom stereocenters. The molecule has 31 heavy (non-hydrogen) atoms. The first-order valence-electron chi connectivity index (χ1n) is 10.7. The maximum atomic E-state index is 12.7. The molecule has 2 aliphatic rings. The smallest absolute Gasteiger partial charge is 0.412 e. The van der Waals surface area contributed by atoms with Crippen molar-refractivity contribution in [3.05, 3.63) is 24.4 Å². The van der Waals surface area contributed by atoms with E-state index in [1.54, 1.807) is 34.0 Å². The van der Waals surface area contributed by atoms with Crippen LogP contribution in [0.25, 0.3) is 10.9 Å². The van der Waals surface area contributed by atoms with Gasteiger partial charge in [-0.05, 0) is 51.8 Å². The van der Waals surface area contributed by atoms with Gasteiger partial charge in [0.15, 0.2) is 0 Å². The first-order chi connectivity index (χ1) is 14.6. The summed E-state index contributed by atoms with van der Waals surface area (Å²) in [7, 11) is 0. The van der Waals surface area contributed by atoms with E-state index in [0.29, 0.717) is 37.4 Å². The Morgan fingerprint density at radius 1 is 1.10 bits per heavy atom. The fourth-order valence-electron chi connectivity index (χ4n) is 4.07. The maximum Gasteiger partial charge on any atom is 0.412 e. The summed E-state index contributed by atoms with van der Waals surface area (Å²) in [5.41, 5.74) is 0.680. The number of carbonyl (C=O) groups excluding carboxylic acids is 2. The molecule has 0 radical (unpaired) electrons. The number of fused-ring (bicyclic) bond motifs is 1. The molecule has 1 N–H and O–H groups in total. The van der Waals surface area contributed by atoms with Gasteiger partial charge in [-0.1, -0.05) is 0 Å². The lowest BCUT2D eigenvalue weighted by Gasteiger charge is -2.34. The Balaban J connectivity index is 1.42. The molecule has 1 aliphatic heterocycles. The van der Waals surface area contributed by atoms with Crippen LogP contribution in [0.1, 0.15) is 33.6 Å². The summed E-state index contributed by atoms with van der Waals surface area (Å²) < 4.78 is 1.60. The zero-order valence-corrected chi connectivity index (χ0v) is 18.2. The molecule has 166 valence electrons. The number of nitrogens with zero attached hydrogens (tertiary/aromatic N) is 5. The van der Waals surface area contributed by atoms with Crippen molar-refractivity contribution in [3.63, 3.8) is 0 Å². The lowest BCUT2D eigenvalue weighted by atomic mass is 10.1. The highest BCUT2D eigenvalue weighted by Crippen LogP contribution is 2.31. The summed E-state index contributed by atoms with van der Waals surface area (Å²) in [4.78, 5) is 41.6. The predicted molar refractivity (Wildman–Crippen MR) is 116 cm³/mol. The minimum Gasteiger partial charge on any atom is -0.465 e. The summed E-state index contributed by atoms with van der Waals surface area (Å²) in [6.07, 6.45) is 2.74. The van der Waals surface area contributed by atoms with Crippen LogP contribution in [0.3, 0.4) is 0 Å². The Bertz CT molecular complexity index is 1010. The number of amides is 3. The second-order valence-electron chi connectivity index (χ2n) is 9.34. The lowest BCUT2D eigenvalue weighted by Crippen LogP contribution is -2.51. The number of carboxylic acid groups (broad SMARTS) is 1. The molecule has 4 rings (SSSR count). The van der Waals surface area contributed by atoms with Gasteiger partial charge in [0.05, 0.1) is 5.52 Å². The molecular weight excluding hydrogens is 398 g/mol. The molecule has 2 aromatic rings. The molecule has 0 atom stereocenters. The van der Waals surface area contributed by atoms with Gasteiger partial charge < -0.3 is 14.9 Å². The van der Waals surface area contributed by atoms with Gasteiger partial charge in [0.25, 0.3) is 0 Å². The van der Waals surface area contributed by atoms with E-state index in [-0.39, 0.29) is 24.3 Å². The number of rotatable bonds is 4. The lowest BCUT2D eigenvalue weighted by molar-refractivity contribution is -0.140. The third-order valence-corrected chi connectivity index (χ3v) is 5.82. The highest BCUT2D eigenvalue weighted by atomic mass is 16.4. The van der Waals surface area contributed by atoms with Gasteiger partial charge in [-0.15, -0.1) is 0 Å². The van der Waals surface area contributed by atoms with Crippen molar-refractivity contribution in [1.82, 2.24) is 19.6 Å². The van der Waals surface area contributed by atoms with Gasteiger partial charge in [0.2, 0.25) is 11.8 Å². The molecule has 2 heterocycles. The van der Waals surface area contributed by atoms with Crippen LogP contribution >= 0.6 is 0 Å². The number of benzene rings is 1. The Morgan fingerprint density at radius 2 is 1.74 bits per heavy atom. The van der Waals surface area contributed by atoms with Crippen molar-refractivity contribution in [3.8, 4) is 0 Å². The molecule has 1 saturated heterocycles. The van der Waals surface area contributed by atoms with E-state index in [9.17, 15) is 19.5 Å². The van der Waals surface area contributed by atoms with E-state index in [1.165, 1.54) is 4.90 Å². The Kier molecular flexibility index (Phi) is 5.36. The van der Waals surface area contributed by atoms with Crippen molar-refractivity contribution in [2.75, 3.05) is 31.1 Å². The first kappa shape index (κ1) is 21.1. The van der Waals surface area contributed by atoms with Crippen LogP contribution in [-0.4, -0.2) is 74.3 Å². The number of hydrogen-bond donors (Lipinski definition) is 1. The third kappa shape index (κ3) is 4.50. The van der Waals surface area contributed by atoms with E-state index in [4.69, 9.17) is 0 Å². The number of hydrogen-bond acceptors (Lipinski definition) is 4. The Hall–Kier alpha value is -3.10. The van der Waals surface area contributed by atoms with Gasteiger partial charge in [-0.25, -0.2) is 4.79 Å². The quantitative estimate of drug-likeness (QED) is 0.808. The van der Waals surface area contributed by atoms with Gasteiger partial charge in [0, 0.05) is 54.9 Å². The molecule has 2 fully saturated rings. The van der Waals surface area contributed by atoms with E-state index < -0.39 is 11.6 Å². The normalized spacial score (nSPS) is 17.1. The maximum absolute atomic E-state index is 12.7. The van der Waals surface area contributed by atoms with Crippen LogP contribution in [0.5, 0.6) is 0 Å². The van der Waals surface area contributed by atoms with Crippen molar-refractivity contribution in [1.29, 1.82) is 0 Å². The molecule has 1 aromatic heterocycles. The zero-order chi connectivity index (χ0) is 22.3. The number of carbonyl (C=O) groups is 3. The van der Waals surface area contributed by atoms with Gasteiger partial charge in [-0.3, -0.25) is 19.2 Å². The van der Waals surface area contributed by atoms with Crippen LogP contribution in [-0.2, 0) is 16.1 Å². The fourth-order valence-corrected chi connectivity index (χ4v) is 4.07. The Morgan fingerprint density at radius 3 is 2.32 bits per heavy atom. The number of anilines is 1. The summed E-state index contributed by atoms with van der Waals surface area (Å²) in [5, 5.41) is 14.9. The van der Waals surface area contributed by atoms with Crippen molar-refractivity contribution in [2.45, 2.75) is 45.7 Å². The topological polar surface area (TPSA) is 99.0 Å². The van der Waals surface area contributed by atoms with E-state index in [1.807, 2.05) is 25.7 Å². The molecule has 1 aromatic carbocycles. The second kappa shape index (κ2) is 7.86. The highest BCUT2D eigenvalue weighted by molar-refractivity contribution is 5.92. The third-order valence-electron chi connectivity index (χ3n) is 5.82. The van der Waals surface area contributed by atoms with E-state index in [0.717, 1.165) is 18.2 Å². The summed E-state index contributed by atoms with van der Waals surface area (Å²) in [6, 6.07) is 5.29. The summed E-state index contributed by atoms with van der Waals surface area (Å²) in [6.45, 7) is 7.89. The highest BCUT2D eigenvalue weighted by Gasteiger charge is 2.35. The second-order valence-corrected chi connectivity index (χ2v) is 9.34. The molecule has 1 aliphatic carbocycles. The molecule has 1 saturated carbocycles. The Labute approximate surface area is 181 Å². The zero-order valence-electron chi connectivity index (χ0n) is 18.2.